The van der Waals surface area contributed by atoms with Gasteiger partial charge in [0, 0.05) is 0 Å². The number of hydrogen-bond acceptors (Lipinski definition) is 2. The van der Waals surface area contributed by atoms with Gasteiger partial charge in [0.1, 0.15) is 0 Å². The molecule has 54 valence electrons. The Morgan fingerprint density at radius 3 is 2.50 bits per heavy atom. The third kappa shape index (κ3) is 1.90. The summed E-state index contributed by atoms with van der Waals surface area (Å²) in [6.45, 7) is 4.83. The molecular weight excluding hydrogens is 130 g/mol. The average molecular weight is 139 g/mol. The van der Waals surface area contributed by atoms with Crippen LogP contribution in [0.25, 0.3) is 0 Å². The maximum absolute atomic E-state index is 10.3. The summed E-state index contributed by atoms with van der Waals surface area (Å²) in [4.78, 5) is 10.3. The highest BCUT2D eigenvalue weighted by molar-refractivity contribution is 5.70. The first-order valence-electron chi connectivity index (χ1n) is 2.88. The quantitative estimate of drug-likeness (QED) is 0.594. The van der Waals surface area contributed by atoms with E-state index in [4.69, 9.17) is 10.4 Å². The molecule has 2 atom stereocenters. The van der Waals surface area contributed by atoms with Gasteiger partial charge in [0.2, 0.25) is 0 Å². The van der Waals surface area contributed by atoms with E-state index in [1.807, 2.05) is 6.07 Å². The lowest BCUT2D eigenvalue weighted by Crippen LogP contribution is -2.17. The monoisotopic (exact) mass is 139 g/mol. The minimum atomic E-state index is -0.966. The smallest absolute Gasteiger partial charge is 0.307 e. The molecule has 0 saturated carbocycles. The van der Waals surface area contributed by atoms with Gasteiger partial charge in [-0.05, 0) is 0 Å². The van der Waals surface area contributed by atoms with Crippen LogP contribution in [-0.2, 0) is 4.79 Å². The van der Waals surface area contributed by atoms with E-state index in [0.717, 1.165) is 0 Å². The maximum Gasteiger partial charge on any atom is 0.307 e. The van der Waals surface area contributed by atoms with Crippen molar-refractivity contribution in [1.29, 1.82) is 5.26 Å². The molecule has 0 aromatic heterocycles. The molecule has 0 spiro atoms. The summed E-state index contributed by atoms with van der Waals surface area (Å²) >= 11 is 0. The minimum absolute atomic E-state index is 0.586. The van der Waals surface area contributed by atoms with Crippen LogP contribution in [0.5, 0.6) is 0 Å². The third-order valence-corrected chi connectivity index (χ3v) is 1.33. The van der Waals surface area contributed by atoms with E-state index in [1.54, 1.807) is 0 Å². The van der Waals surface area contributed by atoms with Gasteiger partial charge in [-0.15, -0.1) is 6.58 Å². The van der Waals surface area contributed by atoms with Crippen molar-refractivity contribution in [3.63, 3.8) is 0 Å². The molecule has 2 unspecified atom stereocenters. The van der Waals surface area contributed by atoms with Crippen LogP contribution < -0.4 is 0 Å². The number of hydrogen-bond donors (Lipinski definition) is 1. The van der Waals surface area contributed by atoms with Gasteiger partial charge in [0.15, 0.2) is 0 Å². The van der Waals surface area contributed by atoms with Gasteiger partial charge < -0.3 is 5.11 Å². The minimum Gasteiger partial charge on any atom is -0.481 e. The second-order valence-electron chi connectivity index (χ2n) is 2.02. The van der Waals surface area contributed by atoms with Gasteiger partial charge in [-0.3, -0.25) is 4.79 Å². The summed E-state index contributed by atoms with van der Waals surface area (Å²) < 4.78 is 0. The number of nitriles is 1. The Morgan fingerprint density at radius 2 is 2.40 bits per heavy atom. The lowest BCUT2D eigenvalue weighted by atomic mass is 9.96. The molecule has 0 saturated heterocycles. The fourth-order valence-corrected chi connectivity index (χ4v) is 0.522. The molecule has 0 amide bonds. The average Bonchev–Trinajstić information content (AvgIpc) is 1.90. The van der Waals surface area contributed by atoms with Crippen LogP contribution >= 0.6 is 0 Å². The van der Waals surface area contributed by atoms with Crippen molar-refractivity contribution in [2.75, 3.05) is 0 Å². The van der Waals surface area contributed by atoms with E-state index in [2.05, 4.69) is 6.58 Å². The van der Waals surface area contributed by atoms with Crippen LogP contribution in [0.2, 0.25) is 0 Å². The van der Waals surface area contributed by atoms with Gasteiger partial charge in [-0.1, -0.05) is 13.0 Å². The summed E-state index contributed by atoms with van der Waals surface area (Å²) in [5.41, 5.74) is 0. The molecule has 3 nitrogen and oxygen atoms in total. The predicted molar refractivity (Wildman–Crippen MR) is 36.1 cm³/mol. The molecule has 0 fully saturated rings. The van der Waals surface area contributed by atoms with Gasteiger partial charge in [-0.2, -0.15) is 5.26 Å². The fourth-order valence-electron chi connectivity index (χ4n) is 0.522. The molecule has 0 aliphatic heterocycles. The van der Waals surface area contributed by atoms with E-state index in [9.17, 15) is 4.79 Å². The van der Waals surface area contributed by atoms with E-state index in [1.165, 1.54) is 13.0 Å². The number of nitrogens with zero attached hydrogens (tertiary/aromatic N) is 1. The molecule has 0 aromatic carbocycles. The molecule has 1 N–H and O–H groups in total. The Bertz CT molecular complexity index is 181. The fraction of sp³-hybridized carbons (Fsp3) is 0.429. The van der Waals surface area contributed by atoms with Crippen molar-refractivity contribution >= 4 is 5.97 Å². The molecule has 0 aliphatic carbocycles. The molecule has 0 radical (unpaired) electrons. The second-order valence-corrected chi connectivity index (χ2v) is 2.02. The summed E-state index contributed by atoms with van der Waals surface area (Å²) in [5.74, 6) is -2.22. The Hall–Kier alpha value is -1.30. The van der Waals surface area contributed by atoms with E-state index >= 15 is 0 Å². The van der Waals surface area contributed by atoms with Crippen LogP contribution in [-0.4, -0.2) is 11.1 Å². The van der Waals surface area contributed by atoms with E-state index in [-0.39, 0.29) is 0 Å². The second kappa shape index (κ2) is 3.67. The van der Waals surface area contributed by atoms with Gasteiger partial charge >= 0.3 is 5.97 Å². The molecule has 0 heterocycles. The van der Waals surface area contributed by atoms with Crippen LogP contribution in [0, 0.1) is 23.2 Å². The van der Waals surface area contributed by atoms with Crippen LogP contribution in [0.1, 0.15) is 6.92 Å². The molecular formula is C7H9NO2. The lowest BCUT2D eigenvalue weighted by molar-refractivity contribution is -0.141. The first kappa shape index (κ1) is 8.70. The predicted octanol–water partition coefficient (Wildman–Crippen LogP) is 1.03. The number of rotatable bonds is 3. The van der Waals surface area contributed by atoms with Crippen molar-refractivity contribution in [3.8, 4) is 6.07 Å². The van der Waals surface area contributed by atoms with Crippen molar-refractivity contribution in [2.45, 2.75) is 6.92 Å². The molecule has 0 bridgehead atoms. The number of carboxylic acid groups (broad SMARTS) is 1. The number of carbonyl (C=O) groups is 1. The lowest BCUT2D eigenvalue weighted by Gasteiger charge is -2.06. The highest BCUT2D eigenvalue weighted by Gasteiger charge is 2.19. The van der Waals surface area contributed by atoms with Crippen molar-refractivity contribution < 1.29 is 9.90 Å². The molecule has 0 aromatic rings. The highest BCUT2D eigenvalue weighted by Crippen LogP contribution is 2.10. The molecule has 10 heavy (non-hydrogen) atoms. The number of carboxylic acids is 1. The van der Waals surface area contributed by atoms with Crippen molar-refractivity contribution in [1.82, 2.24) is 0 Å². The SMILES string of the molecule is C=CC(C#N)C(C)C(=O)O. The first-order valence-corrected chi connectivity index (χ1v) is 2.88. The Labute approximate surface area is 59.6 Å². The maximum atomic E-state index is 10.3. The van der Waals surface area contributed by atoms with Gasteiger partial charge in [-0.25, -0.2) is 0 Å². The molecule has 3 heteroatoms. The topological polar surface area (TPSA) is 61.1 Å². The van der Waals surface area contributed by atoms with E-state index in [0.29, 0.717) is 0 Å². The van der Waals surface area contributed by atoms with Crippen molar-refractivity contribution in [3.05, 3.63) is 12.7 Å². The van der Waals surface area contributed by atoms with Crippen LogP contribution in [0.4, 0.5) is 0 Å². The zero-order valence-electron chi connectivity index (χ0n) is 5.74. The Balaban J connectivity index is 4.18. The summed E-state index contributed by atoms with van der Waals surface area (Å²) in [5, 5.41) is 16.8. The van der Waals surface area contributed by atoms with Gasteiger partial charge in [0.25, 0.3) is 0 Å². The normalized spacial score (nSPS) is 14.8. The standard InChI is InChI=1S/C7H9NO2/c1-3-6(4-8)5(2)7(9)10/h3,5-6H,1H2,2H3,(H,9,10). The summed E-state index contributed by atoms with van der Waals surface area (Å²) in [7, 11) is 0. The van der Waals surface area contributed by atoms with E-state index < -0.39 is 17.8 Å². The molecule has 0 aliphatic rings. The largest absolute Gasteiger partial charge is 0.481 e. The summed E-state index contributed by atoms with van der Waals surface area (Å²) in [6, 6.07) is 1.83. The zero-order valence-corrected chi connectivity index (χ0v) is 5.74. The third-order valence-electron chi connectivity index (χ3n) is 1.33. The Morgan fingerprint density at radius 1 is 1.90 bits per heavy atom. The highest BCUT2D eigenvalue weighted by atomic mass is 16.4. The number of aliphatic carboxylic acids is 1. The summed E-state index contributed by atoms with van der Waals surface area (Å²) in [6.07, 6.45) is 1.35. The number of allylic oxidation sites excluding steroid dienone is 1. The van der Waals surface area contributed by atoms with Crippen LogP contribution in [0.15, 0.2) is 12.7 Å². The Kier molecular flexibility index (Phi) is 3.20. The van der Waals surface area contributed by atoms with Gasteiger partial charge in [0.05, 0.1) is 17.9 Å². The zero-order chi connectivity index (χ0) is 8.15. The first-order chi connectivity index (χ1) is 4.63. The molecule has 0 rings (SSSR count). The van der Waals surface area contributed by atoms with Crippen molar-refractivity contribution in [2.24, 2.45) is 11.8 Å². The van der Waals surface area contributed by atoms with Crippen LogP contribution in [0.3, 0.4) is 0 Å².